The van der Waals surface area contributed by atoms with E-state index in [2.05, 4.69) is 62.5 Å². The minimum atomic E-state index is -4.38. The summed E-state index contributed by atoms with van der Waals surface area (Å²) in [6, 6.07) is 0. The van der Waals surface area contributed by atoms with Gasteiger partial charge in [-0.3, -0.25) is 18.6 Å². The topological polar surface area (TPSA) is 134 Å². The molecule has 55 heavy (non-hydrogen) atoms. The number of ether oxygens (including phenoxy) is 2. The number of hydrogen-bond donors (Lipinski definition) is 2. The van der Waals surface area contributed by atoms with Crippen molar-refractivity contribution in [2.75, 3.05) is 26.4 Å². The van der Waals surface area contributed by atoms with Gasteiger partial charge in [-0.2, -0.15) is 0 Å². The molecule has 1 unspecified atom stereocenters. The van der Waals surface area contributed by atoms with Crippen LogP contribution in [-0.2, 0) is 32.7 Å². The number of rotatable bonds is 41. The lowest BCUT2D eigenvalue weighted by molar-refractivity contribution is -0.161. The van der Waals surface area contributed by atoms with Crippen molar-refractivity contribution in [1.29, 1.82) is 0 Å². The Morgan fingerprint density at radius 2 is 0.945 bits per heavy atom. The van der Waals surface area contributed by atoms with Gasteiger partial charge in [0.1, 0.15) is 6.61 Å². The van der Waals surface area contributed by atoms with Crippen LogP contribution in [0.1, 0.15) is 194 Å². The largest absolute Gasteiger partial charge is 0.472 e. The van der Waals surface area contributed by atoms with E-state index in [1.54, 1.807) is 0 Å². The number of carbonyl (C=O) groups excluding carboxylic acids is 2. The highest BCUT2D eigenvalue weighted by Crippen LogP contribution is 2.43. The third-order valence-electron chi connectivity index (χ3n) is 9.22. The van der Waals surface area contributed by atoms with Crippen LogP contribution in [0.5, 0.6) is 0 Å². The molecule has 9 nitrogen and oxygen atoms in total. The predicted octanol–water partition coefficient (Wildman–Crippen LogP) is 12.7. The van der Waals surface area contributed by atoms with Gasteiger partial charge in [0.2, 0.25) is 0 Å². The summed E-state index contributed by atoms with van der Waals surface area (Å²) in [7, 11) is -4.38. The maximum atomic E-state index is 12.6. The molecule has 0 aromatic rings. The molecule has 0 amide bonds. The van der Waals surface area contributed by atoms with Crippen LogP contribution in [0.4, 0.5) is 0 Å². The highest BCUT2D eigenvalue weighted by Gasteiger charge is 2.26. The molecule has 0 rings (SSSR count). The summed E-state index contributed by atoms with van der Waals surface area (Å²) in [5.41, 5.74) is 5.35. The molecule has 0 aliphatic heterocycles. The molecule has 0 heterocycles. The van der Waals surface area contributed by atoms with E-state index in [1.165, 1.54) is 96.3 Å². The van der Waals surface area contributed by atoms with Gasteiger partial charge in [0.25, 0.3) is 0 Å². The number of unbranched alkanes of at least 4 members (excludes halogenated alkanes) is 20. The fourth-order valence-electron chi connectivity index (χ4n) is 5.91. The van der Waals surface area contributed by atoms with E-state index in [0.29, 0.717) is 12.8 Å². The summed E-state index contributed by atoms with van der Waals surface area (Å²) < 4.78 is 32.8. The molecule has 0 aliphatic rings. The molecule has 320 valence electrons. The molecular formula is C45H82NO8P. The number of esters is 2. The fourth-order valence-corrected chi connectivity index (χ4v) is 6.68. The van der Waals surface area contributed by atoms with E-state index < -0.39 is 32.5 Å². The van der Waals surface area contributed by atoms with E-state index in [4.69, 9.17) is 24.3 Å². The molecule has 0 saturated carbocycles. The van der Waals surface area contributed by atoms with Gasteiger partial charge < -0.3 is 20.1 Å². The van der Waals surface area contributed by atoms with Crippen LogP contribution in [0.3, 0.4) is 0 Å². The zero-order valence-electron chi connectivity index (χ0n) is 35.2. The van der Waals surface area contributed by atoms with Crippen molar-refractivity contribution >= 4 is 19.8 Å². The molecule has 10 heteroatoms. The standard InChI is InChI=1S/C45H82NO8P/c1-3-5-7-9-11-13-15-17-19-20-21-22-24-25-27-29-31-33-35-37-44(47)51-41-43(42-53-55(49,50)52-40-39-46)54-45(48)38-36-34-32-30-28-26-23-18-16-14-12-10-8-6-4-2/h11,13,17,19,21-22,25,27,43H,3-10,12,14-16,18,20,23-24,26,28-42,46H2,1-2H3,(H,49,50)/b13-11-,19-17-,22-21-,27-25-/t43-/m1/s1. The van der Waals surface area contributed by atoms with Gasteiger partial charge in [-0.15, -0.1) is 0 Å². The van der Waals surface area contributed by atoms with Gasteiger partial charge in [-0.1, -0.05) is 172 Å². The van der Waals surface area contributed by atoms with Gasteiger partial charge >= 0.3 is 19.8 Å². The first-order valence-electron chi connectivity index (χ1n) is 22.1. The van der Waals surface area contributed by atoms with E-state index in [9.17, 15) is 19.0 Å². The molecule has 0 radical (unpaired) electrons. The average Bonchev–Trinajstić information content (AvgIpc) is 3.17. The number of nitrogens with two attached hydrogens (primary N) is 1. The second-order valence-corrected chi connectivity index (χ2v) is 16.0. The number of hydrogen-bond acceptors (Lipinski definition) is 8. The van der Waals surface area contributed by atoms with Crippen molar-refractivity contribution in [2.24, 2.45) is 5.73 Å². The monoisotopic (exact) mass is 796 g/mol. The van der Waals surface area contributed by atoms with Crippen molar-refractivity contribution in [3.05, 3.63) is 48.6 Å². The first-order chi connectivity index (χ1) is 26.8. The van der Waals surface area contributed by atoms with E-state index in [1.807, 2.05) is 0 Å². The molecule has 3 N–H and O–H groups in total. The molecule has 0 bridgehead atoms. The van der Waals surface area contributed by atoms with Gasteiger partial charge in [0.15, 0.2) is 6.10 Å². The molecule has 0 saturated heterocycles. The van der Waals surface area contributed by atoms with E-state index in [0.717, 1.165) is 57.8 Å². The second kappa shape index (κ2) is 41.6. The molecule has 0 spiro atoms. The summed E-state index contributed by atoms with van der Waals surface area (Å²) in [6.45, 7) is 3.67. The minimum Gasteiger partial charge on any atom is -0.462 e. The summed E-state index contributed by atoms with van der Waals surface area (Å²) >= 11 is 0. The molecule has 0 aliphatic carbocycles. The Bertz CT molecular complexity index is 1040. The number of phosphoric acid groups is 1. The van der Waals surface area contributed by atoms with Crippen LogP contribution in [0, 0.1) is 0 Å². The number of phosphoric ester groups is 1. The average molecular weight is 796 g/mol. The lowest BCUT2D eigenvalue weighted by Gasteiger charge is -2.19. The summed E-state index contributed by atoms with van der Waals surface area (Å²) in [6.07, 6.45) is 47.1. The highest BCUT2D eigenvalue weighted by molar-refractivity contribution is 7.47. The van der Waals surface area contributed by atoms with Crippen LogP contribution in [0.15, 0.2) is 48.6 Å². The molecule has 0 aromatic carbocycles. The first kappa shape index (κ1) is 53.0. The molecule has 0 aromatic heterocycles. The minimum absolute atomic E-state index is 0.0484. The maximum Gasteiger partial charge on any atom is 0.472 e. The lowest BCUT2D eigenvalue weighted by atomic mass is 10.0. The Morgan fingerprint density at radius 3 is 1.44 bits per heavy atom. The smallest absolute Gasteiger partial charge is 0.462 e. The highest BCUT2D eigenvalue weighted by atomic mass is 31.2. The Balaban J connectivity index is 4.20. The normalized spacial score (nSPS) is 13.7. The van der Waals surface area contributed by atoms with E-state index in [-0.39, 0.29) is 32.6 Å². The summed E-state index contributed by atoms with van der Waals surface area (Å²) in [5.74, 6) is -0.861. The van der Waals surface area contributed by atoms with Crippen LogP contribution in [-0.4, -0.2) is 49.3 Å². The van der Waals surface area contributed by atoms with E-state index >= 15 is 0 Å². The Kier molecular flexibility index (Phi) is 40.1. The second-order valence-electron chi connectivity index (χ2n) is 14.6. The fraction of sp³-hybridized carbons (Fsp3) is 0.778. The molecular weight excluding hydrogens is 713 g/mol. The van der Waals surface area contributed by atoms with Crippen molar-refractivity contribution in [2.45, 2.75) is 200 Å². The first-order valence-corrected chi connectivity index (χ1v) is 23.6. The van der Waals surface area contributed by atoms with Crippen LogP contribution < -0.4 is 5.73 Å². The SMILES string of the molecule is CCCCC/C=C\C/C=C\C/C=C\C/C=C\CCCCCC(=O)OC[C@H](COP(=O)(O)OCCN)OC(=O)CCCCCCCCCCCCCCCCC. The van der Waals surface area contributed by atoms with Crippen molar-refractivity contribution in [3.63, 3.8) is 0 Å². The van der Waals surface area contributed by atoms with Crippen molar-refractivity contribution in [1.82, 2.24) is 0 Å². The third kappa shape index (κ3) is 41.4. The number of allylic oxidation sites excluding steroid dienone is 8. The Morgan fingerprint density at radius 1 is 0.545 bits per heavy atom. The van der Waals surface area contributed by atoms with Crippen LogP contribution >= 0.6 is 7.82 Å². The van der Waals surface area contributed by atoms with Crippen molar-refractivity contribution < 1.29 is 37.6 Å². The maximum absolute atomic E-state index is 12.6. The molecule has 0 fully saturated rings. The van der Waals surface area contributed by atoms with Crippen LogP contribution in [0.2, 0.25) is 0 Å². The summed E-state index contributed by atoms with van der Waals surface area (Å²) in [5, 5.41) is 0. The Labute approximate surface area is 336 Å². The quantitative estimate of drug-likeness (QED) is 0.0268. The van der Waals surface area contributed by atoms with Crippen LogP contribution in [0.25, 0.3) is 0 Å². The Hall–Kier alpha value is -2.03. The zero-order valence-corrected chi connectivity index (χ0v) is 36.0. The zero-order chi connectivity index (χ0) is 40.3. The summed E-state index contributed by atoms with van der Waals surface area (Å²) in [4.78, 5) is 34.9. The molecule has 2 atom stereocenters. The van der Waals surface area contributed by atoms with Gasteiger partial charge in [-0.05, 0) is 57.8 Å². The van der Waals surface area contributed by atoms with Gasteiger partial charge in [-0.25, -0.2) is 4.57 Å². The van der Waals surface area contributed by atoms with Gasteiger partial charge in [0, 0.05) is 19.4 Å². The lowest BCUT2D eigenvalue weighted by Crippen LogP contribution is -2.29. The van der Waals surface area contributed by atoms with Crippen molar-refractivity contribution in [3.8, 4) is 0 Å². The van der Waals surface area contributed by atoms with Gasteiger partial charge in [0.05, 0.1) is 13.2 Å². The number of carbonyl (C=O) groups is 2. The predicted molar refractivity (Wildman–Crippen MR) is 229 cm³/mol. The third-order valence-corrected chi connectivity index (χ3v) is 10.2.